The zero-order chi connectivity index (χ0) is 9.35. The lowest BCUT2D eigenvalue weighted by molar-refractivity contribution is 0.601. The first-order valence-corrected chi connectivity index (χ1v) is 5.50. The van der Waals surface area contributed by atoms with Gasteiger partial charge in [0.1, 0.15) is 0 Å². The summed E-state index contributed by atoms with van der Waals surface area (Å²) >= 11 is 0. The summed E-state index contributed by atoms with van der Waals surface area (Å²) in [6, 6.07) is 6.17. The smallest absolute Gasteiger partial charge is 0.175 e. The zero-order valence-electron chi connectivity index (χ0n) is 7.38. The Kier molecular flexibility index (Phi) is 2.24. The molecule has 0 aliphatic heterocycles. The molecule has 0 fully saturated rings. The molecule has 2 nitrogen and oxygen atoms in total. The van der Waals surface area contributed by atoms with E-state index in [2.05, 4.69) is 6.07 Å². The summed E-state index contributed by atoms with van der Waals surface area (Å²) in [5.74, 6) is 0. The highest BCUT2D eigenvalue weighted by Gasteiger charge is 2.10. The maximum absolute atomic E-state index is 11.2. The quantitative estimate of drug-likeness (QED) is 0.661. The second-order valence-corrected chi connectivity index (χ2v) is 4.85. The SMILES string of the molecule is Cc1[c]ccc(S(C)(=O)=O)c1C. The van der Waals surface area contributed by atoms with Crippen molar-refractivity contribution in [2.75, 3.05) is 6.26 Å². The first kappa shape index (κ1) is 9.26. The maximum atomic E-state index is 11.2. The van der Waals surface area contributed by atoms with Crippen LogP contribution in [0.4, 0.5) is 0 Å². The van der Waals surface area contributed by atoms with E-state index in [0.29, 0.717) is 4.90 Å². The molecule has 0 N–H and O–H groups in total. The second-order valence-electron chi connectivity index (χ2n) is 2.86. The van der Waals surface area contributed by atoms with Crippen molar-refractivity contribution in [3.63, 3.8) is 0 Å². The summed E-state index contributed by atoms with van der Waals surface area (Å²) in [5, 5.41) is 0. The van der Waals surface area contributed by atoms with E-state index in [4.69, 9.17) is 0 Å². The summed E-state index contributed by atoms with van der Waals surface area (Å²) in [5.41, 5.74) is 1.68. The molecule has 1 aromatic rings. The lowest BCUT2D eigenvalue weighted by atomic mass is 10.1. The number of aryl methyl sites for hydroxylation is 1. The monoisotopic (exact) mass is 183 g/mol. The molecule has 0 aliphatic rings. The molecule has 0 spiro atoms. The fourth-order valence-corrected chi connectivity index (χ4v) is 2.09. The first-order valence-electron chi connectivity index (χ1n) is 3.61. The standard InChI is InChI=1S/C9H11O2S/c1-7-5-4-6-9(8(7)2)12(3,10)11/h4,6H,1-3H3. The molecule has 1 radical (unpaired) electrons. The minimum atomic E-state index is -3.08. The Morgan fingerprint density at radius 2 is 1.92 bits per heavy atom. The molecular weight excluding hydrogens is 172 g/mol. The molecule has 0 atom stereocenters. The van der Waals surface area contributed by atoms with Crippen LogP contribution in [0.3, 0.4) is 0 Å². The number of benzene rings is 1. The van der Waals surface area contributed by atoms with Crippen molar-refractivity contribution < 1.29 is 8.42 Å². The van der Waals surface area contributed by atoms with Crippen molar-refractivity contribution in [1.29, 1.82) is 0 Å². The number of rotatable bonds is 1. The van der Waals surface area contributed by atoms with Crippen LogP contribution in [0.5, 0.6) is 0 Å². The summed E-state index contributed by atoms with van der Waals surface area (Å²) in [7, 11) is -3.08. The average molecular weight is 183 g/mol. The molecule has 0 unspecified atom stereocenters. The number of hydrogen-bond acceptors (Lipinski definition) is 2. The fourth-order valence-electron chi connectivity index (χ4n) is 1.06. The van der Waals surface area contributed by atoms with Crippen molar-refractivity contribution >= 4 is 9.84 Å². The van der Waals surface area contributed by atoms with Gasteiger partial charge < -0.3 is 0 Å². The van der Waals surface area contributed by atoms with Crippen LogP contribution in [0.1, 0.15) is 11.1 Å². The lowest BCUT2D eigenvalue weighted by Crippen LogP contribution is -2.00. The molecule has 1 aromatic carbocycles. The molecule has 0 bridgehead atoms. The van der Waals surface area contributed by atoms with Gasteiger partial charge in [-0.2, -0.15) is 0 Å². The predicted octanol–water partition coefficient (Wildman–Crippen LogP) is 1.51. The van der Waals surface area contributed by atoms with Crippen molar-refractivity contribution in [1.82, 2.24) is 0 Å². The first-order chi connectivity index (χ1) is 5.43. The van der Waals surface area contributed by atoms with Gasteiger partial charge in [-0.1, -0.05) is 6.07 Å². The Morgan fingerprint density at radius 1 is 1.33 bits per heavy atom. The van der Waals surface area contributed by atoms with Gasteiger partial charge in [0, 0.05) is 6.26 Å². The van der Waals surface area contributed by atoms with Gasteiger partial charge in [0.15, 0.2) is 9.84 Å². The second kappa shape index (κ2) is 2.90. The third kappa shape index (κ3) is 1.67. The van der Waals surface area contributed by atoms with Crippen molar-refractivity contribution in [3.05, 3.63) is 29.3 Å². The average Bonchev–Trinajstić information content (AvgIpc) is 1.92. The zero-order valence-corrected chi connectivity index (χ0v) is 8.20. The molecule has 1 rings (SSSR count). The van der Waals surface area contributed by atoms with E-state index in [9.17, 15) is 8.42 Å². The van der Waals surface area contributed by atoms with E-state index < -0.39 is 9.84 Å². The minimum Gasteiger partial charge on any atom is -0.224 e. The highest BCUT2D eigenvalue weighted by Crippen LogP contribution is 2.16. The highest BCUT2D eigenvalue weighted by atomic mass is 32.2. The van der Waals surface area contributed by atoms with Gasteiger partial charge in [-0.3, -0.25) is 0 Å². The Bertz CT molecular complexity index is 391. The fraction of sp³-hybridized carbons (Fsp3) is 0.333. The van der Waals surface area contributed by atoms with E-state index >= 15 is 0 Å². The number of sulfone groups is 1. The van der Waals surface area contributed by atoms with E-state index in [0.717, 1.165) is 11.1 Å². The third-order valence-corrected chi connectivity index (χ3v) is 3.11. The molecule has 0 amide bonds. The Hall–Kier alpha value is -0.830. The van der Waals surface area contributed by atoms with Crippen LogP contribution in [0, 0.1) is 19.9 Å². The molecule has 0 saturated heterocycles. The van der Waals surface area contributed by atoms with E-state index in [1.165, 1.54) is 6.26 Å². The molecule has 0 heterocycles. The minimum absolute atomic E-state index is 0.402. The van der Waals surface area contributed by atoms with Gasteiger partial charge in [-0.25, -0.2) is 8.42 Å². The Balaban J connectivity index is 3.47. The summed E-state index contributed by atoms with van der Waals surface area (Å²) in [6.45, 7) is 3.65. The van der Waals surface area contributed by atoms with Crippen molar-refractivity contribution in [3.8, 4) is 0 Å². The van der Waals surface area contributed by atoms with Gasteiger partial charge in [-0.15, -0.1) is 0 Å². The van der Waals surface area contributed by atoms with E-state index in [1.54, 1.807) is 19.1 Å². The predicted molar refractivity (Wildman–Crippen MR) is 47.9 cm³/mol. The van der Waals surface area contributed by atoms with E-state index in [1.807, 2.05) is 6.92 Å². The summed E-state index contributed by atoms with van der Waals surface area (Å²) < 4.78 is 22.4. The molecular formula is C9H11O2S. The van der Waals surface area contributed by atoms with Gasteiger partial charge in [0.2, 0.25) is 0 Å². The van der Waals surface area contributed by atoms with Crippen LogP contribution >= 0.6 is 0 Å². The van der Waals surface area contributed by atoms with E-state index in [-0.39, 0.29) is 0 Å². The highest BCUT2D eigenvalue weighted by molar-refractivity contribution is 7.90. The summed E-state index contributed by atoms with van der Waals surface area (Å²) in [6.07, 6.45) is 1.22. The van der Waals surface area contributed by atoms with Gasteiger partial charge in [-0.05, 0) is 37.1 Å². The lowest BCUT2D eigenvalue weighted by Gasteiger charge is -2.04. The van der Waals surface area contributed by atoms with Crippen molar-refractivity contribution in [2.24, 2.45) is 0 Å². The Labute approximate surface area is 73.2 Å². The third-order valence-electron chi connectivity index (χ3n) is 1.87. The van der Waals surface area contributed by atoms with Crippen LogP contribution in [0.15, 0.2) is 17.0 Å². The van der Waals surface area contributed by atoms with Gasteiger partial charge in [0.25, 0.3) is 0 Å². The van der Waals surface area contributed by atoms with Crippen molar-refractivity contribution in [2.45, 2.75) is 18.7 Å². The molecule has 12 heavy (non-hydrogen) atoms. The topological polar surface area (TPSA) is 34.1 Å². The van der Waals surface area contributed by atoms with Gasteiger partial charge >= 0.3 is 0 Å². The molecule has 65 valence electrons. The van der Waals surface area contributed by atoms with Crippen LogP contribution in [-0.2, 0) is 9.84 Å². The number of hydrogen-bond donors (Lipinski definition) is 0. The maximum Gasteiger partial charge on any atom is 0.175 e. The van der Waals surface area contributed by atoms with Crippen LogP contribution in [0.25, 0.3) is 0 Å². The van der Waals surface area contributed by atoms with Crippen LogP contribution in [0.2, 0.25) is 0 Å². The van der Waals surface area contributed by atoms with Crippen LogP contribution < -0.4 is 0 Å². The molecule has 0 aromatic heterocycles. The molecule has 0 aliphatic carbocycles. The normalized spacial score (nSPS) is 11.6. The van der Waals surface area contributed by atoms with Crippen LogP contribution in [-0.4, -0.2) is 14.7 Å². The Morgan fingerprint density at radius 3 is 2.33 bits per heavy atom. The molecule has 3 heteroatoms. The van der Waals surface area contributed by atoms with Gasteiger partial charge in [0.05, 0.1) is 4.90 Å². The largest absolute Gasteiger partial charge is 0.224 e. The summed E-state index contributed by atoms with van der Waals surface area (Å²) in [4.78, 5) is 0.402. The molecule has 0 saturated carbocycles.